The molecular weight excluding hydrogens is 893 g/mol. The van der Waals surface area contributed by atoms with E-state index in [9.17, 15) is 24.0 Å². The van der Waals surface area contributed by atoms with E-state index >= 15 is 0 Å². The van der Waals surface area contributed by atoms with Crippen molar-refractivity contribution in [1.29, 1.82) is 0 Å². The van der Waals surface area contributed by atoms with Crippen molar-refractivity contribution in [2.24, 2.45) is 7.05 Å². The summed E-state index contributed by atoms with van der Waals surface area (Å²) in [5.41, 5.74) is 3.07. The van der Waals surface area contributed by atoms with E-state index in [2.05, 4.69) is 32.5 Å². The van der Waals surface area contributed by atoms with Gasteiger partial charge in [-0.3, -0.25) is 24.2 Å². The first-order valence-corrected chi connectivity index (χ1v) is 23.4. The van der Waals surface area contributed by atoms with Crippen LogP contribution in [-0.2, 0) is 26.1 Å². The number of aryl methyl sites for hydroxylation is 2. The number of piperidine rings is 1. The lowest BCUT2D eigenvalue weighted by molar-refractivity contribution is -0.198. The van der Waals surface area contributed by atoms with E-state index in [1.165, 1.54) is 46.4 Å². The minimum absolute atomic E-state index is 0.0404. The zero-order valence-electron chi connectivity index (χ0n) is 38.2. The van der Waals surface area contributed by atoms with Crippen LogP contribution in [0.25, 0.3) is 10.6 Å². The minimum atomic E-state index is -0.911. The molecule has 6 heterocycles. The molecule has 2 unspecified atom stereocenters. The number of imidazole rings is 1. The molecule has 2 saturated heterocycles. The number of fused-ring (bicyclic) bond motifs is 2. The zero-order chi connectivity index (χ0) is 47.7. The molecule has 0 radical (unpaired) electrons. The summed E-state index contributed by atoms with van der Waals surface area (Å²) in [7, 11) is 3.10. The van der Waals surface area contributed by atoms with Gasteiger partial charge in [-0.1, -0.05) is 30.9 Å². The molecule has 0 spiro atoms. The zero-order valence-corrected chi connectivity index (χ0v) is 39.0. The molecule has 2 aromatic carbocycles. The number of aromatic nitrogens is 3. The van der Waals surface area contributed by atoms with Gasteiger partial charge in [0.1, 0.15) is 6.61 Å². The lowest BCUT2D eigenvalue weighted by Gasteiger charge is -2.42. The van der Waals surface area contributed by atoms with Crippen molar-refractivity contribution < 1.29 is 47.7 Å². The van der Waals surface area contributed by atoms with Crippen LogP contribution in [0.5, 0.6) is 11.5 Å². The lowest BCUT2D eigenvalue weighted by atomic mass is 10.00. The molecule has 0 bridgehead atoms. The molecule has 2 fully saturated rings. The number of hydrogen-bond donors (Lipinski definition) is 3. The Morgan fingerprint density at radius 1 is 0.956 bits per heavy atom. The Bertz CT molecular complexity index is 2650. The number of benzene rings is 2. The number of para-hydroxylation sites is 1. The van der Waals surface area contributed by atoms with E-state index in [-0.39, 0.29) is 78.2 Å². The summed E-state index contributed by atoms with van der Waals surface area (Å²) in [6.07, 6.45) is 7.38. The second-order valence-electron chi connectivity index (χ2n) is 16.5. The number of methoxy groups -OCH3 is 1. The highest BCUT2D eigenvalue weighted by molar-refractivity contribution is 7.17. The molecule has 19 heteroatoms. The van der Waals surface area contributed by atoms with Crippen LogP contribution in [0.15, 0.2) is 85.7 Å². The number of rotatable bonds is 16. The summed E-state index contributed by atoms with van der Waals surface area (Å²) >= 11 is 1.33. The van der Waals surface area contributed by atoms with Gasteiger partial charge in [-0.25, -0.2) is 14.7 Å². The molecule has 3 atom stereocenters. The fraction of sp³-hybridized carbons (Fsp3) is 0.367. The number of pyridine rings is 1. The first-order valence-electron chi connectivity index (χ1n) is 22.6. The van der Waals surface area contributed by atoms with Crippen LogP contribution in [0.1, 0.15) is 87.6 Å². The monoisotopic (exact) mass is 946 g/mol. The molecule has 3 aliphatic heterocycles. The third-order valence-electron chi connectivity index (χ3n) is 11.7. The van der Waals surface area contributed by atoms with Crippen LogP contribution >= 0.6 is 11.3 Å². The number of carbonyl (C=O) groups excluding carboxylic acids is 5. The number of nitrogens with one attached hydrogen (secondary N) is 3. The summed E-state index contributed by atoms with van der Waals surface area (Å²) in [5.74, 6) is -0.580. The predicted molar refractivity (Wildman–Crippen MR) is 255 cm³/mol. The van der Waals surface area contributed by atoms with Crippen molar-refractivity contribution in [3.8, 4) is 22.1 Å². The van der Waals surface area contributed by atoms with Gasteiger partial charge in [-0.2, -0.15) is 0 Å². The topological polar surface area (TPSA) is 205 Å². The van der Waals surface area contributed by atoms with Gasteiger partial charge in [0.25, 0.3) is 17.7 Å². The van der Waals surface area contributed by atoms with E-state index in [1.807, 2.05) is 43.3 Å². The molecular formula is C49H54N8O10S. The second kappa shape index (κ2) is 21.7. The van der Waals surface area contributed by atoms with Crippen molar-refractivity contribution in [2.75, 3.05) is 54.3 Å². The lowest BCUT2D eigenvalue weighted by Crippen LogP contribution is -2.57. The molecule has 8 rings (SSSR count). The maximum Gasteiger partial charge on any atom is 0.416 e. The van der Waals surface area contributed by atoms with Gasteiger partial charge in [0.15, 0.2) is 29.8 Å². The van der Waals surface area contributed by atoms with E-state index in [0.29, 0.717) is 47.9 Å². The molecule has 3 aromatic heterocycles. The number of thiophene rings is 1. The first-order chi connectivity index (χ1) is 33.0. The van der Waals surface area contributed by atoms with Crippen molar-refractivity contribution in [1.82, 2.24) is 19.4 Å². The molecule has 5 amide bonds. The standard InChI is InChI=1S/C49H54N8O10S/c1-5-22-66-49(62)57-36-27-38(37(63-4)26-33(36)47(61)56-21-11-9-16-35(56)48(57)67-42-18-10-12-23-65-42)64-24-13-17-41(58)53-40-29-55(3)44(54-40)46(60)52-32-19-20-34(50-28-32)39-25-30(2)43(68-39)45(59)51-31-14-7-6-8-15-31/h5-8,14-15,19-20,25-29,35,42,48H,1,9-13,16-18,21-24H2,2-4H3,(H,51,59)(H,52,60)(H,53,58)/t35-,42?,48?/m0/s1. The Balaban J connectivity index is 0.886. The smallest absolute Gasteiger partial charge is 0.416 e. The van der Waals surface area contributed by atoms with Gasteiger partial charge >= 0.3 is 6.09 Å². The highest BCUT2D eigenvalue weighted by Crippen LogP contribution is 2.42. The van der Waals surface area contributed by atoms with Crippen LogP contribution in [0.4, 0.5) is 27.7 Å². The van der Waals surface area contributed by atoms with E-state index in [1.54, 1.807) is 36.2 Å². The number of hydrogen-bond acceptors (Lipinski definition) is 13. The Labute approximate surface area is 397 Å². The van der Waals surface area contributed by atoms with Gasteiger partial charge < -0.3 is 49.1 Å². The van der Waals surface area contributed by atoms with Crippen LogP contribution in [0.3, 0.4) is 0 Å². The van der Waals surface area contributed by atoms with Gasteiger partial charge in [0.05, 0.1) is 58.3 Å². The van der Waals surface area contributed by atoms with Crippen LogP contribution in [0, 0.1) is 6.92 Å². The highest BCUT2D eigenvalue weighted by atomic mass is 32.1. The molecule has 3 aliphatic rings. The van der Waals surface area contributed by atoms with Gasteiger partial charge in [-0.15, -0.1) is 11.3 Å². The number of amides is 5. The number of nitrogens with zero attached hydrogens (tertiary/aromatic N) is 5. The van der Waals surface area contributed by atoms with Crippen molar-refractivity contribution >= 4 is 63.9 Å². The quantitative estimate of drug-likeness (QED) is 0.0633. The Morgan fingerprint density at radius 2 is 1.76 bits per heavy atom. The molecule has 18 nitrogen and oxygen atoms in total. The summed E-state index contributed by atoms with van der Waals surface area (Å²) in [4.78, 5) is 81.0. The van der Waals surface area contributed by atoms with E-state index < -0.39 is 30.6 Å². The van der Waals surface area contributed by atoms with Crippen molar-refractivity contribution in [3.05, 3.63) is 108 Å². The highest BCUT2D eigenvalue weighted by Gasteiger charge is 2.47. The number of ether oxygens (including phenoxy) is 5. The largest absolute Gasteiger partial charge is 0.493 e. The van der Waals surface area contributed by atoms with Gasteiger partial charge in [-0.05, 0) is 93.8 Å². The average Bonchev–Trinajstić information content (AvgIpc) is 3.91. The van der Waals surface area contributed by atoms with Crippen molar-refractivity contribution in [3.63, 3.8) is 0 Å². The first kappa shape index (κ1) is 47.4. The van der Waals surface area contributed by atoms with Gasteiger partial charge in [0.2, 0.25) is 11.7 Å². The van der Waals surface area contributed by atoms with Crippen molar-refractivity contribution in [2.45, 2.75) is 76.9 Å². The SMILES string of the molecule is C=CCOC(=O)N1c2cc(OCCCC(=O)Nc3cn(C)c(C(=O)Nc4ccc(-c5cc(C)c(C(=O)Nc6ccccc6)s5)nc4)n3)c(OC)cc2C(=O)N2CCCC[C@H]2C1OC1CCCCO1. The maximum absolute atomic E-state index is 14.3. The fourth-order valence-corrected chi connectivity index (χ4v) is 9.44. The molecule has 3 N–H and O–H groups in total. The Hall–Kier alpha value is -7.09. The number of anilines is 4. The van der Waals surface area contributed by atoms with Gasteiger partial charge in [0, 0.05) is 44.6 Å². The Morgan fingerprint density at radius 3 is 2.51 bits per heavy atom. The summed E-state index contributed by atoms with van der Waals surface area (Å²) in [6, 6.07) is 17.3. The third kappa shape index (κ3) is 10.9. The second-order valence-corrected chi connectivity index (χ2v) is 17.6. The fourth-order valence-electron chi connectivity index (χ4n) is 8.39. The minimum Gasteiger partial charge on any atom is -0.493 e. The molecule has 356 valence electrons. The van der Waals surface area contributed by atoms with E-state index in [0.717, 1.165) is 36.1 Å². The van der Waals surface area contributed by atoms with Crippen LogP contribution in [-0.4, -0.2) is 101 Å². The normalized spacial score (nSPS) is 17.8. The molecule has 0 saturated carbocycles. The molecule has 0 aliphatic carbocycles. The third-order valence-corrected chi connectivity index (χ3v) is 13.0. The summed E-state index contributed by atoms with van der Waals surface area (Å²) in [6.45, 7) is 6.60. The maximum atomic E-state index is 14.3. The Kier molecular flexibility index (Phi) is 15.1. The number of carbonyl (C=O) groups is 5. The summed E-state index contributed by atoms with van der Waals surface area (Å²) in [5, 5.41) is 8.46. The average molecular weight is 947 g/mol. The summed E-state index contributed by atoms with van der Waals surface area (Å²) < 4.78 is 31.5. The molecule has 5 aromatic rings. The van der Waals surface area contributed by atoms with Crippen LogP contribution in [0.2, 0.25) is 0 Å². The van der Waals surface area contributed by atoms with Crippen LogP contribution < -0.4 is 30.3 Å². The predicted octanol–water partition coefficient (Wildman–Crippen LogP) is 8.17. The van der Waals surface area contributed by atoms with E-state index in [4.69, 9.17) is 23.7 Å². The molecule has 68 heavy (non-hydrogen) atoms.